The third-order valence-electron chi connectivity index (χ3n) is 5.62. The van der Waals surface area contributed by atoms with Crippen LogP contribution in [0.3, 0.4) is 0 Å². The molecule has 5 rings (SSSR count). The van der Waals surface area contributed by atoms with E-state index in [1.54, 1.807) is 18.7 Å². The van der Waals surface area contributed by atoms with Gasteiger partial charge in [-0.25, -0.2) is 0 Å². The first-order valence-corrected chi connectivity index (χ1v) is 9.64. The maximum Gasteiger partial charge on any atom is 0.165 e. The Balaban J connectivity index is 1.66. The second-order valence-corrected chi connectivity index (χ2v) is 8.48. The van der Waals surface area contributed by atoms with Gasteiger partial charge in [-0.15, -0.1) is 0 Å². The molecular formula is C24H22N2O2. The summed E-state index contributed by atoms with van der Waals surface area (Å²) < 4.78 is 5.57. The molecule has 3 heterocycles. The van der Waals surface area contributed by atoms with E-state index in [0.29, 0.717) is 12.8 Å². The van der Waals surface area contributed by atoms with E-state index in [9.17, 15) is 4.79 Å². The minimum atomic E-state index is -0.0190. The molecule has 0 atom stereocenters. The summed E-state index contributed by atoms with van der Waals surface area (Å²) in [4.78, 5) is 20.8. The zero-order valence-corrected chi connectivity index (χ0v) is 16.1. The number of hydrogen-bond donors (Lipinski definition) is 1. The lowest BCUT2D eigenvalue weighted by Crippen LogP contribution is -2.27. The van der Waals surface area contributed by atoms with Crippen LogP contribution in [0.2, 0.25) is 0 Å². The van der Waals surface area contributed by atoms with Crippen molar-refractivity contribution < 1.29 is 9.21 Å². The smallest absolute Gasteiger partial charge is 0.165 e. The Bertz CT molecular complexity index is 1180. The molecule has 0 saturated carbocycles. The number of nitrogens with zero attached hydrogens (tertiary/aromatic N) is 1. The summed E-state index contributed by atoms with van der Waals surface area (Å²) in [7, 11) is 0. The number of aromatic amines is 1. The van der Waals surface area contributed by atoms with E-state index in [-0.39, 0.29) is 11.2 Å². The molecule has 0 unspecified atom stereocenters. The molecule has 0 saturated heterocycles. The SMILES string of the molecule is CC1(C)CC(=O)c2c([nH]c(-c3ccncc3)c2Cc2ccc3ccoc3c2)C1. The number of fused-ring (bicyclic) bond motifs is 2. The summed E-state index contributed by atoms with van der Waals surface area (Å²) >= 11 is 0. The fourth-order valence-electron chi connectivity index (χ4n) is 4.38. The maximum absolute atomic E-state index is 13.1. The lowest BCUT2D eigenvalue weighted by Gasteiger charge is -2.28. The fourth-order valence-corrected chi connectivity index (χ4v) is 4.38. The van der Waals surface area contributed by atoms with Crippen LogP contribution < -0.4 is 0 Å². The van der Waals surface area contributed by atoms with Crippen LogP contribution in [0.4, 0.5) is 0 Å². The second-order valence-electron chi connectivity index (χ2n) is 8.48. The highest BCUT2D eigenvalue weighted by atomic mass is 16.3. The molecule has 28 heavy (non-hydrogen) atoms. The molecule has 0 radical (unpaired) electrons. The zero-order valence-electron chi connectivity index (χ0n) is 16.1. The molecule has 4 heteroatoms. The van der Waals surface area contributed by atoms with Gasteiger partial charge in [-0.05, 0) is 47.2 Å². The van der Waals surface area contributed by atoms with Gasteiger partial charge in [-0.2, -0.15) is 0 Å². The average molecular weight is 370 g/mol. The van der Waals surface area contributed by atoms with Gasteiger partial charge in [-0.3, -0.25) is 9.78 Å². The molecule has 1 aliphatic carbocycles. The van der Waals surface area contributed by atoms with Crippen molar-refractivity contribution in [2.24, 2.45) is 5.41 Å². The summed E-state index contributed by atoms with van der Waals surface area (Å²) in [5.74, 6) is 0.233. The van der Waals surface area contributed by atoms with E-state index >= 15 is 0 Å². The summed E-state index contributed by atoms with van der Waals surface area (Å²) in [5.41, 5.74) is 7.09. The van der Waals surface area contributed by atoms with E-state index < -0.39 is 0 Å². The van der Waals surface area contributed by atoms with Crippen molar-refractivity contribution in [1.82, 2.24) is 9.97 Å². The second kappa shape index (κ2) is 6.20. The summed E-state index contributed by atoms with van der Waals surface area (Å²) in [6, 6.07) is 12.2. The van der Waals surface area contributed by atoms with Crippen LogP contribution in [0.5, 0.6) is 0 Å². The number of carbonyl (C=O) groups is 1. The number of rotatable bonds is 3. The minimum absolute atomic E-state index is 0.0190. The third kappa shape index (κ3) is 2.85. The van der Waals surface area contributed by atoms with Gasteiger partial charge in [0.25, 0.3) is 0 Å². The molecule has 0 bridgehead atoms. The Kier molecular flexibility index (Phi) is 3.76. The topological polar surface area (TPSA) is 58.9 Å². The Labute approximate surface area is 163 Å². The summed E-state index contributed by atoms with van der Waals surface area (Å²) in [6.45, 7) is 4.32. The number of hydrogen-bond acceptors (Lipinski definition) is 3. The van der Waals surface area contributed by atoms with Gasteiger partial charge in [0.05, 0.1) is 12.0 Å². The first-order chi connectivity index (χ1) is 13.5. The van der Waals surface area contributed by atoms with Crippen LogP contribution in [0.15, 0.2) is 59.5 Å². The first-order valence-electron chi connectivity index (χ1n) is 9.64. The van der Waals surface area contributed by atoms with Gasteiger partial charge in [0.2, 0.25) is 0 Å². The van der Waals surface area contributed by atoms with Crippen LogP contribution in [-0.4, -0.2) is 15.8 Å². The quantitative estimate of drug-likeness (QED) is 0.513. The molecule has 1 N–H and O–H groups in total. The first kappa shape index (κ1) is 17.0. The third-order valence-corrected chi connectivity index (χ3v) is 5.62. The van der Waals surface area contributed by atoms with Gasteiger partial charge in [0, 0.05) is 47.4 Å². The van der Waals surface area contributed by atoms with E-state index in [1.165, 1.54) is 0 Å². The Hall–Kier alpha value is -3.14. The van der Waals surface area contributed by atoms with Gasteiger partial charge in [0.15, 0.2) is 5.78 Å². The lowest BCUT2D eigenvalue weighted by atomic mass is 9.75. The molecule has 4 aromatic rings. The van der Waals surface area contributed by atoms with Crippen molar-refractivity contribution in [3.8, 4) is 11.3 Å². The fraction of sp³-hybridized carbons (Fsp3) is 0.250. The average Bonchev–Trinajstić information content (AvgIpc) is 3.26. The Morgan fingerprint density at radius 1 is 1.11 bits per heavy atom. The number of H-pyrrole nitrogens is 1. The van der Waals surface area contributed by atoms with Crippen LogP contribution in [-0.2, 0) is 12.8 Å². The molecule has 0 fully saturated rings. The molecule has 4 nitrogen and oxygen atoms in total. The highest BCUT2D eigenvalue weighted by molar-refractivity contribution is 6.02. The number of carbonyl (C=O) groups excluding carboxylic acids is 1. The standard InChI is InChI=1S/C24H22N2O2/c1-24(2)13-19-22(20(27)14-24)18(23(26-19)17-5-8-25-9-6-17)11-15-3-4-16-7-10-28-21(16)12-15/h3-10,12,26H,11,13-14H2,1-2H3. The van der Waals surface area contributed by atoms with E-state index in [0.717, 1.165) is 51.0 Å². The normalized spacial score (nSPS) is 15.7. The largest absolute Gasteiger partial charge is 0.464 e. The molecule has 3 aromatic heterocycles. The van der Waals surface area contributed by atoms with Crippen molar-refractivity contribution in [2.75, 3.05) is 0 Å². The monoisotopic (exact) mass is 370 g/mol. The molecule has 0 spiro atoms. The lowest BCUT2D eigenvalue weighted by molar-refractivity contribution is 0.0911. The molecular weight excluding hydrogens is 348 g/mol. The highest BCUT2D eigenvalue weighted by Gasteiger charge is 2.35. The number of pyridine rings is 1. The van der Waals surface area contributed by atoms with E-state index in [1.807, 2.05) is 18.2 Å². The predicted octanol–water partition coefficient (Wildman–Crippen LogP) is 5.57. The van der Waals surface area contributed by atoms with Crippen LogP contribution >= 0.6 is 0 Å². The van der Waals surface area contributed by atoms with Gasteiger partial charge < -0.3 is 9.40 Å². The number of aromatic nitrogens is 2. The number of ketones is 1. The van der Waals surface area contributed by atoms with Gasteiger partial charge in [0.1, 0.15) is 5.58 Å². The Morgan fingerprint density at radius 3 is 2.75 bits per heavy atom. The van der Waals surface area contributed by atoms with Crippen LogP contribution in [0.25, 0.3) is 22.2 Å². The predicted molar refractivity (Wildman–Crippen MR) is 109 cm³/mol. The van der Waals surface area contributed by atoms with E-state index in [2.05, 4.69) is 42.0 Å². The Morgan fingerprint density at radius 2 is 1.93 bits per heavy atom. The van der Waals surface area contributed by atoms with Crippen LogP contribution in [0, 0.1) is 5.41 Å². The molecule has 140 valence electrons. The minimum Gasteiger partial charge on any atom is -0.464 e. The number of Topliss-reactive ketones (excluding diaryl/α,β-unsaturated/α-hetero) is 1. The van der Waals surface area contributed by atoms with Crippen molar-refractivity contribution >= 4 is 16.8 Å². The maximum atomic E-state index is 13.1. The summed E-state index contributed by atoms with van der Waals surface area (Å²) in [6.07, 6.45) is 7.44. The van der Waals surface area contributed by atoms with Crippen molar-refractivity contribution in [3.63, 3.8) is 0 Å². The number of nitrogens with one attached hydrogen (secondary N) is 1. The highest BCUT2D eigenvalue weighted by Crippen LogP contribution is 2.40. The van der Waals surface area contributed by atoms with Crippen molar-refractivity contribution in [1.29, 1.82) is 0 Å². The number of furan rings is 1. The number of benzene rings is 1. The molecule has 1 aliphatic rings. The van der Waals surface area contributed by atoms with Gasteiger partial charge >= 0.3 is 0 Å². The van der Waals surface area contributed by atoms with Crippen molar-refractivity contribution in [3.05, 3.63) is 77.4 Å². The molecule has 1 aromatic carbocycles. The summed E-state index contributed by atoms with van der Waals surface area (Å²) in [5, 5.41) is 1.09. The van der Waals surface area contributed by atoms with Crippen LogP contribution in [0.1, 0.15) is 47.4 Å². The van der Waals surface area contributed by atoms with E-state index in [4.69, 9.17) is 4.42 Å². The molecule has 0 amide bonds. The zero-order chi connectivity index (χ0) is 19.3. The van der Waals surface area contributed by atoms with Gasteiger partial charge in [-0.1, -0.05) is 26.0 Å². The van der Waals surface area contributed by atoms with Crippen molar-refractivity contribution in [2.45, 2.75) is 33.1 Å². The molecule has 0 aliphatic heterocycles.